The van der Waals surface area contributed by atoms with E-state index in [4.69, 9.17) is 9.47 Å². The van der Waals surface area contributed by atoms with Crippen molar-refractivity contribution in [3.63, 3.8) is 0 Å². The third-order valence-electron chi connectivity index (χ3n) is 4.28. The van der Waals surface area contributed by atoms with Gasteiger partial charge in [-0.1, -0.05) is 18.2 Å². The standard InChI is InChI=1S/C21H24N2O4/c1-4-26-20(24)12-16-6-8-17(9-7-16)22-21(25)23-13-15(3)27-19-10-5-14(2)11-18(19)23/h5-11,15H,4,12-13H2,1-3H3,(H,22,25)/t15-/m1/s1. The molecule has 27 heavy (non-hydrogen) atoms. The van der Waals surface area contributed by atoms with Gasteiger partial charge in [-0.15, -0.1) is 0 Å². The van der Waals surface area contributed by atoms with Crippen LogP contribution in [-0.4, -0.2) is 31.3 Å². The van der Waals surface area contributed by atoms with Gasteiger partial charge < -0.3 is 14.8 Å². The first-order valence-corrected chi connectivity index (χ1v) is 9.06. The van der Waals surface area contributed by atoms with E-state index in [9.17, 15) is 9.59 Å². The quantitative estimate of drug-likeness (QED) is 0.831. The third-order valence-corrected chi connectivity index (χ3v) is 4.28. The number of urea groups is 1. The van der Waals surface area contributed by atoms with Crippen LogP contribution in [0.4, 0.5) is 16.2 Å². The van der Waals surface area contributed by atoms with Crippen LogP contribution in [0.25, 0.3) is 0 Å². The average molecular weight is 368 g/mol. The number of hydrogen-bond donors (Lipinski definition) is 1. The molecule has 1 aliphatic rings. The number of benzene rings is 2. The van der Waals surface area contributed by atoms with Crippen LogP contribution >= 0.6 is 0 Å². The van der Waals surface area contributed by atoms with Gasteiger partial charge in [0.1, 0.15) is 11.9 Å². The van der Waals surface area contributed by atoms with E-state index in [-0.39, 0.29) is 24.5 Å². The molecule has 0 aromatic heterocycles. The summed E-state index contributed by atoms with van der Waals surface area (Å²) in [6.45, 7) is 6.54. The smallest absolute Gasteiger partial charge is 0.326 e. The summed E-state index contributed by atoms with van der Waals surface area (Å²) in [5.74, 6) is 0.447. The molecule has 3 rings (SSSR count). The van der Waals surface area contributed by atoms with E-state index in [1.807, 2.05) is 44.2 Å². The first-order chi connectivity index (χ1) is 13.0. The maximum Gasteiger partial charge on any atom is 0.326 e. The van der Waals surface area contributed by atoms with Crippen molar-refractivity contribution in [2.75, 3.05) is 23.4 Å². The lowest BCUT2D eigenvalue weighted by Crippen LogP contribution is -2.44. The Morgan fingerprint density at radius 2 is 1.96 bits per heavy atom. The van der Waals surface area contributed by atoms with Gasteiger partial charge in [0.2, 0.25) is 0 Å². The third kappa shape index (κ3) is 4.58. The first kappa shape index (κ1) is 18.8. The van der Waals surface area contributed by atoms with E-state index in [1.54, 1.807) is 24.0 Å². The van der Waals surface area contributed by atoms with Crippen LogP contribution in [-0.2, 0) is 16.0 Å². The molecule has 1 aliphatic heterocycles. The Labute approximate surface area is 159 Å². The second-order valence-corrected chi connectivity index (χ2v) is 6.62. The molecule has 0 saturated heterocycles. The summed E-state index contributed by atoms with van der Waals surface area (Å²) in [5.41, 5.74) is 3.34. The molecule has 0 aliphatic carbocycles. The average Bonchev–Trinajstić information content (AvgIpc) is 2.63. The van der Waals surface area contributed by atoms with Crippen molar-refractivity contribution in [3.8, 4) is 5.75 Å². The minimum atomic E-state index is -0.261. The number of nitrogens with one attached hydrogen (secondary N) is 1. The Morgan fingerprint density at radius 3 is 2.67 bits per heavy atom. The van der Waals surface area contributed by atoms with Gasteiger partial charge in [0, 0.05) is 5.69 Å². The number of amides is 2. The zero-order chi connectivity index (χ0) is 19.4. The molecule has 2 amide bonds. The van der Waals surface area contributed by atoms with Gasteiger partial charge in [-0.05, 0) is 56.2 Å². The van der Waals surface area contributed by atoms with Crippen LogP contribution in [0, 0.1) is 6.92 Å². The largest absolute Gasteiger partial charge is 0.487 e. The molecule has 142 valence electrons. The number of fused-ring (bicyclic) bond motifs is 1. The molecule has 1 heterocycles. The van der Waals surface area contributed by atoms with Crippen LogP contribution in [0.15, 0.2) is 42.5 Å². The lowest BCUT2D eigenvalue weighted by atomic mass is 10.1. The summed E-state index contributed by atoms with van der Waals surface area (Å²) in [6.07, 6.45) is 0.133. The molecule has 0 fully saturated rings. The van der Waals surface area contributed by atoms with Crippen LogP contribution in [0.5, 0.6) is 5.75 Å². The summed E-state index contributed by atoms with van der Waals surface area (Å²) in [7, 11) is 0. The van der Waals surface area contributed by atoms with E-state index in [0.29, 0.717) is 24.6 Å². The number of hydrogen-bond acceptors (Lipinski definition) is 4. The highest BCUT2D eigenvalue weighted by Gasteiger charge is 2.27. The molecule has 6 nitrogen and oxygen atoms in total. The molecule has 0 bridgehead atoms. The first-order valence-electron chi connectivity index (χ1n) is 9.06. The van der Waals surface area contributed by atoms with Gasteiger partial charge in [0.15, 0.2) is 0 Å². The van der Waals surface area contributed by atoms with Gasteiger partial charge in [-0.2, -0.15) is 0 Å². The molecular weight excluding hydrogens is 344 g/mol. The highest BCUT2D eigenvalue weighted by atomic mass is 16.5. The second kappa shape index (κ2) is 8.12. The fourth-order valence-corrected chi connectivity index (χ4v) is 3.02. The molecule has 0 saturated carbocycles. The van der Waals surface area contributed by atoms with Crippen molar-refractivity contribution in [1.82, 2.24) is 0 Å². The van der Waals surface area contributed by atoms with Crippen molar-refractivity contribution in [3.05, 3.63) is 53.6 Å². The topological polar surface area (TPSA) is 67.9 Å². The number of anilines is 2. The second-order valence-electron chi connectivity index (χ2n) is 6.62. The normalized spacial score (nSPS) is 15.5. The Bertz CT molecular complexity index is 833. The predicted octanol–water partition coefficient (Wildman–Crippen LogP) is 3.92. The van der Waals surface area contributed by atoms with Crippen molar-refractivity contribution < 1.29 is 19.1 Å². The highest BCUT2D eigenvalue weighted by molar-refractivity contribution is 6.03. The number of ether oxygens (including phenoxy) is 2. The lowest BCUT2D eigenvalue weighted by molar-refractivity contribution is -0.142. The lowest BCUT2D eigenvalue weighted by Gasteiger charge is -2.33. The summed E-state index contributed by atoms with van der Waals surface area (Å²) in [6, 6.07) is 12.8. The van der Waals surface area contributed by atoms with Gasteiger partial charge in [-0.3, -0.25) is 9.69 Å². The van der Waals surface area contributed by atoms with Crippen molar-refractivity contribution in [2.24, 2.45) is 0 Å². The van der Waals surface area contributed by atoms with Crippen molar-refractivity contribution in [1.29, 1.82) is 0 Å². The minimum absolute atomic E-state index is 0.0853. The molecule has 0 unspecified atom stereocenters. The number of aryl methyl sites for hydroxylation is 1. The fraction of sp³-hybridized carbons (Fsp3) is 0.333. The van der Waals surface area contributed by atoms with E-state index in [2.05, 4.69) is 5.32 Å². The van der Waals surface area contributed by atoms with Crippen molar-refractivity contribution >= 4 is 23.4 Å². The van der Waals surface area contributed by atoms with E-state index in [0.717, 1.165) is 16.8 Å². The number of rotatable bonds is 4. The summed E-state index contributed by atoms with van der Waals surface area (Å²) >= 11 is 0. The number of carbonyl (C=O) groups is 2. The van der Waals surface area contributed by atoms with Gasteiger partial charge in [-0.25, -0.2) is 4.79 Å². The fourth-order valence-electron chi connectivity index (χ4n) is 3.02. The Hall–Kier alpha value is -3.02. The molecule has 1 atom stereocenters. The zero-order valence-electron chi connectivity index (χ0n) is 15.8. The summed E-state index contributed by atoms with van der Waals surface area (Å²) < 4.78 is 10.8. The molecule has 0 spiro atoms. The van der Waals surface area contributed by atoms with Crippen LogP contribution in [0.3, 0.4) is 0 Å². The Kier molecular flexibility index (Phi) is 5.64. The number of nitrogens with zero attached hydrogens (tertiary/aromatic N) is 1. The van der Waals surface area contributed by atoms with E-state index >= 15 is 0 Å². The molecule has 0 radical (unpaired) electrons. The molecule has 1 N–H and O–H groups in total. The molecular formula is C21H24N2O4. The Balaban J connectivity index is 1.70. The van der Waals surface area contributed by atoms with Gasteiger partial charge >= 0.3 is 12.0 Å². The zero-order valence-corrected chi connectivity index (χ0v) is 15.8. The predicted molar refractivity (Wildman–Crippen MR) is 104 cm³/mol. The molecule has 2 aromatic carbocycles. The number of carbonyl (C=O) groups excluding carboxylic acids is 2. The maximum absolute atomic E-state index is 12.8. The van der Waals surface area contributed by atoms with E-state index in [1.165, 1.54) is 0 Å². The van der Waals surface area contributed by atoms with Crippen molar-refractivity contribution in [2.45, 2.75) is 33.3 Å². The van der Waals surface area contributed by atoms with Gasteiger partial charge in [0.05, 0.1) is 25.3 Å². The number of esters is 1. The maximum atomic E-state index is 12.8. The highest BCUT2D eigenvalue weighted by Crippen LogP contribution is 2.34. The van der Waals surface area contributed by atoms with E-state index < -0.39 is 0 Å². The summed E-state index contributed by atoms with van der Waals surface area (Å²) in [5, 5.41) is 2.91. The monoisotopic (exact) mass is 368 g/mol. The minimum Gasteiger partial charge on any atom is -0.487 e. The van der Waals surface area contributed by atoms with Crippen LogP contribution < -0.4 is 15.0 Å². The SMILES string of the molecule is CCOC(=O)Cc1ccc(NC(=O)N2C[C@@H](C)Oc3ccc(C)cc32)cc1. The van der Waals surface area contributed by atoms with Crippen LogP contribution in [0.1, 0.15) is 25.0 Å². The Morgan fingerprint density at radius 1 is 1.22 bits per heavy atom. The molecule has 2 aromatic rings. The van der Waals surface area contributed by atoms with Crippen LogP contribution in [0.2, 0.25) is 0 Å². The van der Waals surface area contributed by atoms with Gasteiger partial charge in [0.25, 0.3) is 0 Å². The summed E-state index contributed by atoms with van der Waals surface area (Å²) in [4.78, 5) is 26.1. The molecule has 6 heteroatoms.